The highest BCUT2D eigenvalue weighted by Gasteiger charge is 2.26. The van der Waals surface area contributed by atoms with Gasteiger partial charge in [0, 0.05) is 31.1 Å². The van der Waals surface area contributed by atoms with Gasteiger partial charge in [0.05, 0.1) is 0 Å². The summed E-state index contributed by atoms with van der Waals surface area (Å²) in [6.45, 7) is 2.13. The average molecular weight is 306 g/mol. The Morgan fingerprint density at radius 1 is 1.09 bits per heavy atom. The van der Waals surface area contributed by atoms with Crippen LogP contribution in [0.15, 0.2) is 65.1 Å². The predicted molar refractivity (Wildman–Crippen MR) is 89.3 cm³/mol. The molecule has 0 radical (unpaired) electrons. The van der Waals surface area contributed by atoms with E-state index in [1.165, 1.54) is 5.56 Å². The van der Waals surface area contributed by atoms with Gasteiger partial charge in [-0.3, -0.25) is 4.79 Å². The smallest absolute Gasteiger partial charge is 0.289 e. The number of rotatable bonds is 2. The van der Waals surface area contributed by atoms with Crippen LogP contribution in [0.2, 0.25) is 0 Å². The third kappa shape index (κ3) is 2.73. The van der Waals surface area contributed by atoms with E-state index < -0.39 is 0 Å². The Morgan fingerprint density at radius 2 is 1.87 bits per heavy atom. The molecular formula is C19H18N2O2. The molecule has 1 aliphatic heterocycles. The van der Waals surface area contributed by atoms with Crippen molar-refractivity contribution < 1.29 is 9.21 Å². The molecule has 2 heterocycles. The Morgan fingerprint density at radius 3 is 2.70 bits per heavy atom. The maximum Gasteiger partial charge on any atom is 0.289 e. The summed E-state index contributed by atoms with van der Waals surface area (Å²) < 4.78 is 5.71. The standard InChI is InChI=1S/C19H18N2O2/c22-19(18-12-15-8-4-5-9-17(15)23-18)21-11-10-20-16(13-21)14-6-2-1-3-7-14/h1-9,12,16,20H,10-11,13H2. The zero-order chi connectivity index (χ0) is 15.6. The van der Waals surface area contributed by atoms with Crippen molar-refractivity contribution in [3.63, 3.8) is 0 Å². The summed E-state index contributed by atoms with van der Waals surface area (Å²) in [6.07, 6.45) is 0. The van der Waals surface area contributed by atoms with Crippen LogP contribution in [-0.4, -0.2) is 30.4 Å². The Balaban J connectivity index is 1.56. The van der Waals surface area contributed by atoms with Crippen molar-refractivity contribution >= 4 is 16.9 Å². The fraction of sp³-hybridized carbons (Fsp3) is 0.211. The monoisotopic (exact) mass is 306 g/mol. The minimum Gasteiger partial charge on any atom is -0.451 e. The second kappa shape index (κ2) is 5.89. The first-order valence-electron chi connectivity index (χ1n) is 7.87. The van der Waals surface area contributed by atoms with Crippen LogP contribution in [0.3, 0.4) is 0 Å². The van der Waals surface area contributed by atoms with Gasteiger partial charge in [0.15, 0.2) is 5.76 Å². The molecule has 0 aliphatic carbocycles. The third-order valence-corrected chi connectivity index (χ3v) is 4.30. The SMILES string of the molecule is O=C(c1cc2ccccc2o1)N1CCNC(c2ccccc2)C1. The van der Waals surface area contributed by atoms with E-state index in [1.807, 2.05) is 53.4 Å². The summed E-state index contributed by atoms with van der Waals surface area (Å²) in [4.78, 5) is 14.6. The van der Waals surface area contributed by atoms with Gasteiger partial charge in [0.2, 0.25) is 0 Å². The molecule has 0 spiro atoms. The summed E-state index contributed by atoms with van der Waals surface area (Å²) in [5.41, 5.74) is 1.96. The van der Waals surface area contributed by atoms with E-state index >= 15 is 0 Å². The van der Waals surface area contributed by atoms with Gasteiger partial charge in [-0.15, -0.1) is 0 Å². The van der Waals surface area contributed by atoms with E-state index in [0.717, 1.165) is 17.5 Å². The van der Waals surface area contributed by atoms with Gasteiger partial charge in [-0.2, -0.15) is 0 Å². The summed E-state index contributed by atoms with van der Waals surface area (Å²) >= 11 is 0. The fourth-order valence-corrected chi connectivity index (χ4v) is 3.09. The normalized spacial score (nSPS) is 18.3. The number of nitrogens with zero attached hydrogens (tertiary/aromatic N) is 1. The Bertz CT molecular complexity index is 793. The molecule has 23 heavy (non-hydrogen) atoms. The van der Waals surface area contributed by atoms with Crippen LogP contribution < -0.4 is 5.32 Å². The number of fused-ring (bicyclic) bond motifs is 1. The molecule has 1 amide bonds. The largest absolute Gasteiger partial charge is 0.451 e. The highest BCUT2D eigenvalue weighted by Crippen LogP contribution is 2.22. The molecule has 1 aliphatic rings. The van der Waals surface area contributed by atoms with Gasteiger partial charge in [0.25, 0.3) is 5.91 Å². The van der Waals surface area contributed by atoms with Crippen LogP contribution >= 0.6 is 0 Å². The lowest BCUT2D eigenvalue weighted by Crippen LogP contribution is -2.48. The second-order valence-corrected chi connectivity index (χ2v) is 5.82. The third-order valence-electron chi connectivity index (χ3n) is 4.30. The van der Waals surface area contributed by atoms with E-state index in [9.17, 15) is 4.79 Å². The Labute approximate surface area is 134 Å². The van der Waals surface area contributed by atoms with Crippen LogP contribution in [0.1, 0.15) is 22.2 Å². The molecule has 116 valence electrons. The molecule has 1 unspecified atom stereocenters. The van der Waals surface area contributed by atoms with Crippen LogP contribution in [0.25, 0.3) is 11.0 Å². The molecular weight excluding hydrogens is 288 g/mol. The molecule has 4 rings (SSSR count). The number of benzene rings is 2. The number of para-hydroxylation sites is 1. The molecule has 0 bridgehead atoms. The lowest BCUT2D eigenvalue weighted by Gasteiger charge is -2.33. The Kier molecular flexibility index (Phi) is 3.60. The van der Waals surface area contributed by atoms with Gasteiger partial charge in [-0.25, -0.2) is 0 Å². The number of carbonyl (C=O) groups excluding carboxylic acids is 1. The molecule has 1 saturated heterocycles. The number of hydrogen-bond donors (Lipinski definition) is 1. The number of piperazine rings is 1. The maximum absolute atomic E-state index is 12.8. The fourth-order valence-electron chi connectivity index (χ4n) is 3.09. The zero-order valence-corrected chi connectivity index (χ0v) is 12.7. The van der Waals surface area contributed by atoms with E-state index in [2.05, 4.69) is 17.4 Å². The molecule has 2 aromatic carbocycles. The van der Waals surface area contributed by atoms with E-state index in [0.29, 0.717) is 18.8 Å². The summed E-state index contributed by atoms with van der Waals surface area (Å²) in [5.74, 6) is 0.378. The maximum atomic E-state index is 12.8. The first-order valence-corrected chi connectivity index (χ1v) is 7.87. The molecule has 1 N–H and O–H groups in total. The van der Waals surface area contributed by atoms with Crippen molar-refractivity contribution in [2.45, 2.75) is 6.04 Å². The van der Waals surface area contributed by atoms with Crippen molar-refractivity contribution in [2.75, 3.05) is 19.6 Å². The molecule has 4 heteroatoms. The lowest BCUT2D eigenvalue weighted by atomic mass is 10.0. The first kappa shape index (κ1) is 14.0. The van der Waals surface area contributed by atoms with Gasteiger partial charge in [-0.05, 0) is 17.7 Å². The van der Waals surface area contributed by atoms with Crippen molar-refractivity contribution in [2.24, 2.45) is 0 Å². The molecule has 1 fully saturated rings. The van der Waals surface area contributed by atoms with Crippen molar-refractivity contribution in [1.29, 1.82) is 0 Å². The number of nitrogens with one attached hydrogen (secondary N) is 1. The molecule has 0 saturated carbocycles. The predicted octanol–water partition coefficient (Wildman–Crippen LogP) is 3.22. The minimum atomic E-state index is -0.0383. The van der Waals surface area contributed by atoms with Gasteiger partial charge >= 0.3 is 0 Å². The van der Waals surface area contributed by atoms with Crippen LogP contribution in [-0.2, 0) is 0 Å². The highest BCUT2D eigenvalue weighted by atomic mass is 16.3. The summed E-state index contributed by atoms with van der Waals surface area (Å²) in [5, 5.41) is 4.44. The van der Waals surface area contributed by atoms with Gasteiger partial charge in [-0.1, -0.05) is 48.5 Å². The number of amides is 1. The molecule has 1 atom stereocenters. The lowest BCUT2D eigenvalue weighted by molar-refractivity contribution is 0.0673. The van der Waals surface area contributed by atoms with E-state index in [1.54, 1.807) is 0 Å². The van der Waals surface area contributed by atoms with Crippen molar-refractivity contribution in [1.82, 2.24) is 10.2 Å². The van der Waals surface area contributed by atoms with Crippen LogP contribution in [0, 0.1) is 0 Å². The zero-order valence-electron chi connectivity index (χ0n) is 12.7. The van der Waals surface area contributed by atoms with Crippen molar-refractivity contribution in [3.8, 4) is 0 Å². The number of furan rings is 1. The van der Waals surface area contributed by atoms with Crippen molar-refractivity contribution in [3.05, 3.63) is 72.0 Å². The van der Waals surface area contributed by atoms with Gasteiger partial charge < -0.3 is 14.6 Å². The Hall–Kier alpha value is -2.59. The summed E-state index contributed by atoms with van der Waals surface area (Å²) in [6, 6.07) is 19.9. The van der Waals surface area contributed by atoms with E-state index in [-0.39, 0.29) is 11.9 Å². The first-order chi connectivity index (χ1) is 11.3. The number of hydrogen-bond acceptors (Lipinski definition) is 3. The van der Waals surface area contributed by atoms with E-state index in [4.69, 9.17) is 4.42 Å². The molecule has 4 nitrogen and oxygen atoms in total. The molecule has 3 aromatic rings. The topological polar surface area (TPSA) is 45.5 Å². The summed E-state index contributed by atoms with van der Waals surface area (Å²) in [7, 11) is 0. The highest BCUT2D eigenvalue weighted by molar-refractivity contribution is 5.96. The average Bonchev–Trinajstić information content (AvgIpc) is 3.06. The minimum absolute atomic E-state index is 0.0383. The van der Waals surface area contributed by atoms with Crippen LogP contribution in [0.5, 0.6) is 0 Å². The van der Waals surface area contributed by atoms with Crippen LogP contribution in [0.4, 0.5) is 0 Å². The molecule has 1 aromatic heterocycles. The quantitative estimate of drug-likeness (QED) is 0.790. The second-order valence-electron chi connectivity index (χ2n) is 5.82. The van der Waals surface area contributed by atoms with Gasteiger partial charge in [0.1, 0.15) is 5.58 Å². The number of carbonyl (C=O) groups is 1.